The van der Waals surface area contributed by atoms with Crippen LogP contribution in [0.5, 0.6) is 0 Å². The molecule has 1 saturated heterocycles. The zero-order chi connectivity index (χ0) is 24.5. The maximum Gasteiger partial charge on any atom is 0.215 e. The average molecular weight is 479 g/mol. The number of piperazine rings is 1. The summed E-state index contributed by atoms with van der Waals surface area (Å²) >= 11 is 0. The lowest BCUT2D eigenvalue weighted by molar-refractivity contribution is 0.103. The predicted octanol–water partition coefficient (Wildman–Crippen LogP) is 5.08. The first-order chi connectivity index (χ1) is 17.7. The van der Waals surface area contributed by atoms with Gasteiger partial charge in [-0.1, -0.05) is 54.6 Å². The van der Waals surface area contributed by atoms with Gasteiger partial charge in [-0.3, -0.25) is 4.79 Å². The Bertz CT molecular complexity index is 1560. The molecule has 0 amide bonds. The number of hydrogen-bond acceptors (Lipinski definition) is 6. The molecule has 4 heterocycles. The van der Waals surface area contributed by atoms with Crippen LogP contribution in [0, 0.1) is 0 Å². The van der Waals surface area contributed by atoms with Crippen LogP contribution in [0.2, 0.25) is 0 Å². The molecular weight excluding hydrogens is 448 g/mol. The van der Waals surface area contributed by atoms with E-state index < -0.39 is 0 Å². The van der Waals surface area contributed by atoms with E-state index in [1.165, 1.54) is 5.56 Å². The van der Waals surface area contributed by atoms with Crippen LogP contribution < -0.4 is 16.0 Å². The van der Waals surface area contributed by atoms with Gasteiger partial charge in [0, 0.05) is 63.0 Å². The number of benzene rings is 2. The highest BCUT2D eigenvalue weighted by Crippen LogP contribution is 2.30. The molecule has 0 radical (unpaired) electrons. The van der Waals surface area contributed by atoms with E-state index in [0.717, 1.165) is 47.5 Å². The topological polar surface area (TPSA) is 99.9 Å². The highest BCUT2D eigenvalue weighted by molar-refractivity contribution is 6.11. The lowest BCUT2D eigenvalue weighted by Crippen LogP contribution is -2.46. The van der Waals surface area contributed by atoms with E-state index in [1.54, 1.807) is 12.3 Å². The molecule has 2 aromatic carbocycles. The molecule has 0 spiro atoms. The van der Waals surface area contributed by atoms with Gasteiger partial charge in [0.15, 0.2) is 0 Å². The number of nitrogen functional groups attached to an aromatic ring is 1. The summed E-state index contributed by atoms with van der Waals surface area (Å²) in [5, 5.41) is 4.64. The van der Waals surface area contributed by atoms with Crippen molar-refractivity contribution in [2.45, 2.75) is 6.04 Å². The summed E-state index contributed by atoms with van der Waals surface area (Å²) < 4.78 is 0. The number of H-pyrrole nitrogens is 1. The summed E-state index contributed by atoms with van der Waals surface area (Å²) in [5.41, 5.74) is 10.9. The predicted molar refractivity (Wildman–Crippen MR) is 147 cm³/mol. The number of aromatic nitrogens is 3. The normalized spacial score (nSPS) is 15.8. The summed E-state index contributed by atoms with van der Waals surface area (Å²) in [5.74, 6) is 0.739. The number of fused-ring (bicyclic) bond motifs is 1. The Morgan fingerprint density at radius 2 is 1.86 bits per heavy atom. The van der Waals surface area contributed by atoms with Gasteiger partial charge >= 0.3 is 0 Å². The highest BCUT2D eigenvalue weighted by atomic mass is 16.1. The minimum absolute atomic E-state index is 0. The Balaban J connectivity index is 0.00000168. The second-order valence-corrected chi connectivity index (χ2v) is 8.98. The number of pyridine rings is 2. The van der Waals surface area contributed by atoms with Crippen molar-refractivity contribution in [1.82, 2.24) is 20.3 Å². The van der Waals surface area contributed by atoms with Gasteiger partial charge in [-0.05, 0) is 29.8 Å². The Hall–Kier alpha value is -4.49. The van der Waals surface area contributed by atoms with E-state index in [2.05, 4.69) is 44.5 Å². The van der Waals surface area contributed by atoms with Crippen molar-refractivity contribution >= 4 is 28.3 Å². The fourth-order valence-corrected chi connectivity index (χ4v) is 4.85. The van der Waals surface area contributed by atoms with Gasteiger partial charge in [-0.15, -0.1) is 0 Å². The highest BCUT2D eigenvalue weighted by Gasteiger charge is 2.23. The molecule has 1 unspecified atom stereocenters. The summed E-state index contributed by atoms with van der Waals surface area (Å²) in [6, 6.07) is 26.0. The van der Waals surface area contributed by atoms with E-state index in [4.69, 9.17) is 10.7 Å². The molecule has 5 aromatic rings. The third-order valence-corrected chi connectivity index (χ3v) is 6.73. The number of nitrogens with zero attached hydrogens (tertiary/aromatic N) is 3. The molecule has 0 saturated carbocycles. The van der Waals surface area contributed by atoms with Gasteiger partial charge in [-0.2, -0.15) is 0 Å². The van der Waals surface area contributed by atoms with Crippen molar-refractivity contribution in [3.8, 4) is 11.1 Å². The van der Waals surface area contributed by atoms with Crippen LogP contribution in [0.15, 0.2) is 91.3 Å². The van der Waals surface area contributed by atoms with Gasteiger partial charge in [0.05, 0.1) is 5.56 Å². The maximum atomic E-state index is 13.6. The number of hydrogen-bond donors (Lipinski definition) is 3. The fraction of sp³-hybridized carbons (Fsp3) is 0.138. The Morgan fingerprint density at radius 1 is 1.03 bits per heavy atom. The van der Waals surface area contributed by atoms with E-state index in [0.29, 0.717) is 11.3 Å². The molecule has 0 bridgehead atoms. The number of nitrogens with two attached hydrogens (primary N) is 1. The van der Waals surface area contributed by atoms with Gasteiger partial charge in [-0.25, -0.2) is 9.97 Å². The lowest BCUT2D eigenvalue weighted by atomic mass is 10.0. The third kappa shape index (κ3) is 4.10. The first kappa shape index (κ1) is 22.0. The average Bonchev–Trinajstić information content (AvgIpc) is 3.38. The van der Waals surface area contributed by atoms with E-state index in [-0.39, 0.29) is 20.5 Å². The van der Waals surface area contributed by atoms with E-state index >= 15 is 0 Å². The molecule has 7 nitrogen and oxygen atoms in total. The second kappa shape index (κ2) is 9.28. The molecule has 1 atom stereocenters. The molecule has 1 aliphatic rings. The molecule has 4 N–H and O–H groups in total. The van der Waals surface area contributed by atoms with Gasteiger partial charge in [0.2, 0.25) is 5.78 Å². The monoisotopic (exact) mass is 478 g/mol. The first-order valence-electron chi connectivity index (χ1n) is 12.0. The minimum Gasteiger partial charge on any atom is -0.383 e. The number of anilines is 2. The van der Waals surface area contributed by atoms with Crippen molar-refractivity contribution in [3.05, 3.63) is 108 Å². The Labute approximate surface area is 212 Å². The minimum atomic E-state index is -0.238. The summed E-state index contributed by atoms with van der Waals surface area (Å²) in [6.07, 6.45) is 3.63. The molecule has 1 aliphatic heterocycles. The molecular formula is C29H30N6O. The Morgan fingerprint density at radius 3 is 2.75 bits per heavy atom. The molecule has 6 rings (SSSR count). The van der Waals surface area contributed by atoms with Gasteiger partial charge < -0.3 is 20.9 Å². The third-order valence-electron chi connectivity index (χ3n) is 6.73. The zero-order valence-electron chi connectivity index (χ0n) is 19.7. The molecule has 182 valence electrons. The van der Waals surface area contributed by atoms with Gasteiger partial charge in [0.1, 0.15) is 17.3 Å². The molecule has 1 fully saturated rings. The number of carbonyl (C=O) groups is 1. The molecule has 3 aromatic heterocycles. The summed E-state index contributed by atoms with van der Waals surface area (Å²) in [6.45, 7) is 2.42. The van der Waals surface area contributed by atoms with Crippen molar-refractivity contribution in [2.24, 2.45) is 0 Å². The number of carbonyl (C=O) groups excluding carboxylic acids is 1. The Kier molecular flexibility index (Phi) is 5.67. The SMILES string of the molecule is Nc1ncc(-c2c[nH]c3ccccc23)cc1C(=O)c1cccc(N2CCNC(c3ccccc3)C2)n1.[HH].[HH]. The van der Waals surface area contributed by atoms with Crippen LogP contribution in [-0.2, 0) is 0 Å². The molecule has 36 heavy (non-hydrogen) atoms. The number of ketones is 1. The summed E-state index contributed by atoms with van der Waals surface area (Å²) in [7, 11) is 0. The fourth-order valence-electron chi connectivity index (χ4n) is 4.85. The first-order valence-corrected chi connectivity index (χ1v) is 12.0. The maximum absolute atomic E-state index is 13.6. The van der Waals surface area contributed by atoms with Crippen LogP contribution in [0.3, 0.4) is 0 Å². The standard InChI is InChI=1S/C29H26N6O.2H2/c30-29-22(15-20(16-33-29)23-17-32-24-10-5-4-9-21(23)24)28(36)25-11-6-12-27(34-25)35-14-13-31-26(18-35)19-7-2-1-3-8-19;;/h1-12,15-17,26,31-32H,13-14,18H2,(H2,30,33);2*1H. The largest absolute Gasteiger partial charge is 0.383 e. The summed E-state index contributed by atoms with van der Waals surface area (Å²) in [4.78, 5) is 28.1. The van der Waals surface area contributed by atoms with Crippen LogP contribution in [-0.4, -0.2) is 40.4 Å². The van der Waals surface area contributed by atoms with Crippen LogP contribution in [0.25, 0.3) is 22.0 Å². The second-order valence-electron chi connectivity index (χ2n) is 8.98. The van der Waals surface area contributed by atoms with Crippen LogP contribution in [0.1, 0.15) is 30.5 Å². The number of aromatic amines is 1. The number of para-hydroxylation sites is 1. The van der Waals surface area contributed by atoms with Crippen molar-refractivity contribution in [1.29, 1.82) is 0 Å². The van der Waals surface area contributed by atoms with Crippen LogP contribution in [0.4, 0.5) is 11.6 Å². The van der Waals surface area contributed by atoms with E-state index in [1.807, 2.05) is 54.7 Å². The quantitative estimate of drug-likeness (QED) is 0.305. The van der Waals surface area contributed by atoms with Gasteiger partial charge in [0.25, 0.3) is 0 Å². The van der Waals surface area contributed by atoms with Crippen molar-refractivity contribution in [3.63, 3.8) is 0 Å². The number of rotatable bonds is 5. The van der Waals surface area contributed by atoms with Crippen molar-refractivity contribution in [2.75, 3.05) is 30.3 Å². The number of nitrogens with one attached hydrogen (secondary N) is 2. The zero-order valence-corrected chi connectivity index (χ0v) is 19.7. The molecule has 7 heteroatoms. The smallest absolute Gasteiger partial charge is 0.215 e. The molecule has 0 aliphatic carbocycles. The van der Waals surface area contributed by atoms with Crippen LogP contribution >= 0.6 is 0 Å². The van der Waals surface area contributed by atoms with E-state index in [9.17, 15) is 4.79 Å². The van der Waals surface area contributed by atoms with Crippen molar-refractivity contribution < 1.29 is 7.65 Å². The lowest BCUT2D eigenvalue weighted by Gasteiger charge is -2.35.